The van der Waals surface area contributed by atoms with Gasteiger partial charge in [-0.05, 0) is 6.92 Å². The topological polar surface area (TPSA) is 75.4 Å². The lowest BCUT2D eigenvalue weighted by Gasteiger charge is -2.26. The molecule has 0 aliphatic heterocycles. The Morgan fingerprint density at radius 1 is 1.44 bits per heavy atom. The van der Waals surface area contributed by atoms with E-state index < -0.39 is 36.7 Å². The molecule has 96 valence electrons. The first-order valence-corrected chi connectivity index (χ1v) is 4.10. The van der Waals surface area contributed by atoms with Crippen LogP contribution >= 0.6 is 0 Å². The third kappa shape index (κ3) is 3.56. The molecule has 0 aromatic carbocycles. The van der Waals surface area contributed by atoms with E-state index >= 15 is 0 Å². The minimum absolute atomic E-state index is 0.400. The van der Waals surface area contributed by atoms with Crippen LogP contribution in [0, 0.1) is 0 Å². The van der Waals surface area contributed by atoms with Crippen LogP contribution in [-0.4, -0.2) is 41.8 Å². The van der Waals surface area contributed by atoms with E-state index in [1.54, 1.807) is 0 Å². The fraction of sp³-hybridized carbons (Fsp3) is 0.857. The minimum Gasteiger partial charge on any atom is -0.385 e. The fourth-order valence-corrected chi connectivity index (χ4v) is 0.599. The number of carbonyl (C=O) groups is 1. The maximum Gasteiger partial charge on any atom is 0.415 e. The first-order valence-electron chi connectivity index (χ1n) is 4.10. The number of nitrogens with two attached hydrogens (primary N) is 1. The minimum atomic E-state index is -5.01. The average molecular weight is 250 g/mol. The molecule has 1 amide bonds. The summed E-state index contributed by atoms with van der Waals surface area (Å²) in [7, 11) is 0. The molecule has 0 aromatic rings. The Bertz CT molecular complexity index is 254. The molecule has 2 unspecified atom stereocenters. The summed E-state index contributed by atoms with van der Waals surface area (Å²) in [5.74, 6) is -1.68. The molecule has 16 heavy (non-hydrogen) atoms. The molecule has 0 bridgehead atoms. The molecule has 0 rings (SSSR count). The number of carbonyl (C=O) groups excluding carboxylic acids is 1. The van der Waals surface area contributed by atoms with Gasteiger partial charge in [0.15, 0.2) is 5.54 Å². The van der Waals surface area contributed by atoms with E-state index in [0.29, 0.717) is 6.92 Å². The van der Waals surface area contributed by atoms with Crippen molar-refractivity contribution in [3.63, 3.8) is 0 Å². The van der Waals surface area contributed by atoms with Crippen molar-refractivity contribution < 1.29 is 31.9 Å². The van der Waals surface area contributed by atoms with Crippen LogP contribution in [0.1, 0.15) is 6.92 Å². The number of alkyl halides is 5. The zero-order valence-corrected chi connectivity index (χ0v) is 8.18. The molecule has 0 spiro atoms. The van der Waals surface area contributed by atoms with Crippen LogP contribution in [-0.2, 0) is 4.79 Å². The first kappa shape index (κ1) is 15.0. The highest BCUT2D eigenvalue weighted by molar-refractivity contribution is 5.86. The molecule has 0 heterocycles. The maximum absolute atomic E-state index is 12.2. The van der Waals surface area contributed by atoms with E-state index in [-0.39, 0.29) is 0 Å². The summed E-state index contributed by atoms with van der Waals surface area (Å²) in [6, 6.07) is 0. The van der Waals surface area contributed by atoms with Crippen molar-refractivity contribution in [1.29, 1.82) is 0 Å². The van der Waals surface area contributed by atoms with Crippen LogP contribution in [0.2, 0.25) is 0 Å². The molecular formula is C7H11F5N2O2. The van der Waals surface area contributed by atoms with E-state index in [4.69, 9.17) is 10.8 Å². The molecule has 0 radical (unpaired) electrons. The Kier molecular flexibility index (Phi) is 4.62. The molecule has 0 aliphatic carbocycles. The molecule has 0 aromatic heterocycles. The van der Waals surface area contributed by atoms with Crippen molar-refractivity contribution >= 4 is 5.91 Å². The lowest BCUT2D eigenvalue weighted by Crippen LogP contribution is -2.62. The van der Waals surface area contributed by atoms with Crippen molar-refractivity contribution in [2.45, 2.75) is 31.2 Å². The van der Waals surface area contributed by atoms with Crippen molar-refractivity contribution in [3.05, 3.63) is 0 Å². The summed E-state index contributed by atoms with van der Waals surface area (Å²) in [6.07, 6.45) is -10.4. The Balaban J connectivity index is 4.38. The standard InChI is InChI=1S/C7H11F5N2O2/c1-6(13,7(10,11)12)5(16)14-2-3(15)4(8)9/h3-4,15H,2,13H2,1H3,(H,14,16). The molecule has 9 heteroatoms. The summed E-state index contributed by atoms with van der Waals surface area (Å²) in [6.45, 7) is -0.601. The molecule has 0 saturated heterocycles. The third-order valence-electron chi connectivity index (χ3n) is 1.82. The van der Waals surface area contributed by atoms with E-state index in [9.17, 15) is 26.7 Å². The number of aliphatic hydroxyl groups is 1. The highest BCUT2D eigenvalue weighted by Gasteiger charge is 2.53. The lowest BCUT2D eigenvalue weighted by atomic mass is 10.0. The summed E-state index contributed by atoms with van der Waals surface area (Å²) < 4.78 is 60.0. The second-order valence-electron chi connectivity index (χ2n) is 3.31. The monoisotopic (exact) mass is 250 g/mol. The van der Waals surface area contributed by atoms with Gasteiger partial charge in [0.1, 0.15) is 6.10 Å². The van der Waals surface area contributed by atoms with Gasteiger partial charge in [0, 0.05) is 6.54 Å². The molecule has 0 saturated carbocycles. The van der Waals surface area contributed by atoms with Crippen molar-refractivity contribution in [1.82, 2.24) is 5.32 Å². The smallest absolute Gasteiger partial charge is 0.385 e. The Hall–Kier alpha value is -0.960. The second-order valence-corrected chi connectivity index (χ2v) is 3.31. The van der Waals surface area contributed by atoms with E-state index in [2.05, 4.69) is 0 Å². The van der Waals surface area contributed by atoms with Crippen molar-refractivity contribution in [2.75, 3.05) is 6.54 Å². The summed E-state index contributed by atoms with van der Waals surface area (Å²) in [4.78, 5) is 10.9. The molecule has 0 fully saturated rings. The lowest BCUT2D eigenvalue weighted by molar-refractivity contribution is -0.187. The van der Waals surface area contributed by atoms with Crippen LogP contribution < -0.4 is 11.1 Å². The van der Waals surface area contributed by atoms with E-state index in [0.717, 1.165) is 0 Å². The predicted molar refractivity (Wildman–Crippen MR) is 43.7 cm³/mol. The van der Waals surface area contributed by atoms with Crippen LogP contribution in [0.25, 0.3) is 0 Å². The average Bonchev–Trinajstić information content (AvgIpc) is 2.11. The number of rotatable bonds is 4. The molecular weight excluding hydrogens is 239 g/mol. The first-order chi connectivity index (χ1) is 7.00. The van der Waals surface area contributed by atoms with Crippen LogP contribution in [0.3, 0.4) is 0 Å². The maximum atomic E-state index is 12.2. The number of halogens is 5. The zero-order valence-electron chi connectivity index (χ0n) is 8.18. The highest BCUT2D eigenvalue weighted by atomic mass is 19.4. The van der Waals surface area contributed by atoms with Gasteiger partial charge < -0.3 is 16.2 Å². The largest absolute Gasteiger partial charge is 0.415 e. The number of hydrogen-bond acceptors (Lipinski definition) is 3. The summed E-state index contributed by atoms with van der Waals surface area (Å²) in [5, 5.41) is 10.1. The SMILES string of the molecule is CC(N)(C(=O)NCC(O)C(F)F)C(F)(F)F. The number of aliphatic hydroxyl groups excluding tert-OH is 1. The Labute approximate surface area is 87.6 Å². The Morgan fingerprint density at radius 3 is 2.19 bits per heavy atom. The van der Waals surface area contributed by atoms with Crippen LogP contribution in [0.15, 0.2) is 0 Å². The van der Waals surface area contributed by atoms with Gasteiger partial charge in [-0.1, -0.05) is 0 Å². The zero-order chi connectivity index (χ0) is 13.1. The van der Waals surface area contributed by atoms with Gasteiger partial charge in [-0.25, -0.2) is 8.78 Å². The molecule has 4 N–H and O–H groups in total. The predicted octanol–water partition coefficient (Wildman–Crippen LogP) is 0.00830. The van der Waals surface area contributed by atoms with Crippen LogP contribution in [0.5, 0.6) is 0 Å². The number of nitrogens with one attached hydrogen (secondary N) is 1. The molecule has 4 nitrogen and oxygen atoms in total. The third-order valence-corrected chi connectivity index (χ3v) is 1.82. The number of amides is 1. The van der Waals surface area contributed by atoms with Gasteiger partial charge in [-0.3, -0.25) is 4.79 Å². The van der Waals surface area contributed by atoms with Crippen molar-refractivity contribution in [2.24, 2.45) is 5.73 Å². The van der Waals surface area contributed by atoms with Gasteiger partial charge in [0.2, 0.25) is 5.91 Å². The van der Waals surface area contributed by atoms with Gasteiger partial charge in [-0.2, -0.15) is 13.2 Å². The highest BCUT2D eigenvalue weighted by Crippen LogP contribution is 2.27. The summed E-state index contributed by atoms with van der Waals surface area (Å²) >= 11 is 0. The van der Waals surface area contributed by atoms with Crippen molar-refractivity contribution in [3.8, 4) is 0 Å². The fourth-order valence-electron chi connectivity index (χ4n) is 0.599. The molecule has 2 atom stereocenters. The Morgan fingerprint density at radius 2 is 1.88 bits per heavy atom. The van der Waals surface area contributed by atoms with Gasteiger partial charge in [0.05, 0.1) is 0 Å². The number of hydrogen-bond donors (Lipinski definition) is 3. The quantitative estimate of drug-likeness (QED) is 0.615. The van der Waals surface area contributed by atoms with Gasteiger partial charge in [-0.15, -0.1) is 0 Å². The van der Waals surface area contributed by atoms with Gasteiger partial charge in [0.25, 0.3) is 6.43 Å². The second kappa shape index (κ2) is 4.91. The van der Waals surface area contributed by atoms with Gasteiger partial charge >= 0.3 is 6.18 Å². The summed E-state index contributed by atoms with van der Waals surface area (Å²) in [5.41, 5.74) is 1.51. The normalized spacial score (nSPS) is 18.1. The van der Waals surface area contributed by atoms with Crippen LogP contribution in [0.4, 0.5) is 22.0 Å². The molecule has 0 aliphatic rings. The van der Waals surface area contributed by atoms with E-state index in [1.165, 1.54) is 5.32 Å². The van der Waals surface area contributed by atoms with E-state index in [1.807, 2.05) is 0 Å².